The normalized spacial score (nSPS) is 11.7. The fourth-order valence-corrected chi connectivity index (χ4v) is 2.30. The lowest BCUT2D eigenvalue weighted by atomic mass is 10.1. The number of rotatable bonds is 4. The van der Waals surface area contributed by atoms with Gasteiger partial charge in [0.1, 0.15) is 0 Å². The molecule has 0 unspecified atom stereocenters. The number of nitrogens with one attached hydrogen (secondary N) is 2. The predicted molar refractivity (Wildman–Crippen MR) is 74.5 cm³/mol. The summed E-state index contributed by atoms with van der Waals surface area (Å²) in [6.07, 6.45) is 0. The minimum absolute atomic E-state index is 0.262. The van der Waals surface area contributed by atoms with Gasteiger partial charge >= 0.3 is 6.03 Å². The van der Waals surface area contributed by atoms with Gasteiger partial charge in [0.15, 0.2) is 0 Å². The van der Waals surface area contributed by atoms with Gasteiger partial charge in [0.2, 0.25) is 5.91 Å². The molecule has 0 aliphatic carbocycles. The van der Waals surface area contributed by atoms with Gasteiger partial charge in [-0.2, -0.15) is 0 Å². The molecule has 0 bridgehead atoms. The van der Waals surface area contributed by atoms with Crippen LogP contribution in [0, 0.1) is 6.92 Å². The van der Waals surface area contributed by atoms with Crippen LogP contribution in [-0.2, 0) is 10.5 Å². The number of imide groups is 1. The maximum atomic E-state index is 11.6. The smallest absolute Gasteiger partial charge is 0.321 e. The van der Waals surface area contributed by atoms with E-state index >= 15 is 0 Å². The fourth-order valence-electron chi connectivity index (χ4n) is 1.34. The van der Waals surface area contributed by atoms with Crippen molar-refractivity contribution >= 4 is 23.7 Å². The summed E-state index contributed by atoms with van der Waals surface area (Å²) in [5.74, 6) is 0.489. The molecule has 1 rings (SSSR count). The molecule has 0 aliphatic heterocycles. The highest BCUT2D eigenvalue weighted by Gasteiger charge is 2.15. The average molecular weight is 266 g/mol. The molecular formula is C13H18N2O2S. The van der Waals surface area contributed by atoms with E-state index in [0.717, 1.165) is 5.75 Å². The number of hydrogen-bond donors (Lipinski definition) is 2. The Bertz CT molecular complexity index is 435. The van der Waals surface area contributed by atoms with Gasteiger partial charge in [0.05, 0.1) is 5.25 Å². The molecule has 1 aromatic rings. The maximum Gasteiger partial charge on any atom is 0.321 e. The molecule has 0 radical (unpaired) electrons. The zero-order valence-electron chi connectivity index (χ0n) is 10.8. The molecule has 98 valence electrons. The number of urea groups is 1. The molecule has 2 N–H and O–H groups in total. The number of aryl methyl sites for hydroxylation is 1. The monoisotopic (exact) mass is 266 g/mol. The summed E-state index contributed by atoms with van der Waals surface area (Å²) in [5.41, 5.74) is 2.42. The number of hydrogen-bond acceptors (Lipinski definition) is 3. The number of thioether (sulfide) groups is 1. The SMILES string of the molecule is CNC(=O)NC(=O)[C@@H](C)SCc1ccccc1C. The van der Waals surface area contributed by atoms with E-state index in [1.54, 1.807) is 6.92 Å². The molecule has 3 amide bonds. The summed E-state index contributed by atoms with van der Waals surface area (Å²) >= 11 is 1.51. The largest absolute Gasteiger partial charge is 0.341 e. The summed E-state index contributed by atoms with van der Waals surface area (Å²) in [6.45, 7) is 3.84. The molecule has 0 aliphatic rings. The first-order valence-electron chi connectivity index (χ1n) is 5.73. The summed E-state index contributed by atoms with van der Waals surface area (Å²) in [7, 11) is 1.48. The van der Waals surface area contributed by atoms with Crippen molar-refractivity contribution in [3.8, 4) is 0 Å². The topological polar surface area (TPSA) is 58.2 Å². The number of carbonyl (C=O) groups is 2. The van der Waals surface area contributed by atoms with Crippen LogP contribution >= 0.6 is 11.8 Å². The van der Waals surface area contributed by atoms with Crippen molar-refractivity contribution in [2.45, 2.75) is 24.9 Å². The van der Waals surface area contributed by atoms with Crippen LogP contribution in [0.3, 0.4) is 0 Å². The Hall–Kier alpha value is -1.49. The first-order chi connectivity index (χ1) is 8.54. The molecule has 0 saturated heterocycles. The minimum Gasteiger partial charge on any atom is -0.341 e. The molecule has 1 atom stereocenters. The Labute approximate surface area is 112 Å². The highest BCUT2D eigenvalue weighted by molar-refractivity contribution is 7.99. The van der Waals surface area contributed by atoms with E-state index < -0.39 is 6.03 Å². The van der Waals surface area contributed by atoms with Crippen LogP contribution in [0.4, 0.5) is 4.79 Å². The molecule has 4 nitrogen and oxygen atoms in total. The van der Waals surface area contributed by atoms with Gasteiger partial charge in [0.25, 0.3) is 0 Å². The Morgan fingerprint density at radius 2 is 2.00 bits per heavy atom. The van der Waals surface area contributed by atoms with E-state index in [0.29, 0.717) is 0 Å². The van der Waals surface area contributed by atoms with Gasteiger partial charge in [-0.3, -0.25) is 10.1 Å². The zero-order chi connectivity index (χ0) is 13.5. The van der Waals surface area contributed by atoms with Gasteiger partial charge in [-0.05, 0) is 25.0 Å². The maximum absolute atomic E-state index is 11.6. The van der Waals surface area contributed by atoms with Crippen molar-refractivity contribution in [2.24, 2.45) is 0 Å². The lowest BCUT2D eigenvalue weighted by molar-refractivity contribution is -0.119. The minimum atomic E-state index is -0.469. The van der Waals surface area contributed by atoms with Gasteiger partial charge in [0, 0.05) is 12.8 Å². The molecule has 0 fully saturated rings. The van der Waals surface area contributed by atoms with Crippen LogP contribution in [0.1, 0.15) is 18.1 Å². The molecule has 0 aromatic heterocycles. The van der Waals surface area contributed by atoms with Crippen LogP contribution in [0.15, 0.2) is 24.3 Å². The van der Waals surface area contributed by atoms with E-state index in [-0.39, 0.29) is 11.2 Å². The molecule has 0 saturated carbocycles. The van der Waals surface area contributed by atoms with Crippen LogP contribution < -0.4 is 10.6 Å². The highest BCUT2D eigenvalue weighted by Crippen LogP contribution is 2.20. The number of amides is 3. The third-order valence-corrected chi connectivity index (χ3v) is 3.77. The lowest BCUT2D eigenvalue weighted by Gasteiger charge is -2.12. The second-order valence-electron chi connectivity index (χ2n) is 3.95. The van der Waals surface area contributed by atoms with Crippen molar-refractivity contribution in [1.29, 1.82) is 0 Å². The third kappa shape index (κ3) is 4.41. The van der Waals surface area contributed by atoms with Crippen molar-refractivity contribution in [3.05, 3.63) is 35.4 Å². The van der Waals surface area contributed by atoms with Crippen molar-refractivity contribution in [3.63, 3.8) is 0 Å². The average Bonchev–Trinajstić information content (AvgIpc) is 2.37. The quantitative estimate of drug-likeness (QED) is 0.877. The van der Waals surface area contributed by atoms with Crippen LogP contribution in [0.2, 0.25) is 0 Å². The third-order valence-electron chi connectivity index (χ3n) is 2.58. The van der Waals surface area contributed by atoms with E-state index in [2.05, 4.69) is 10.6 Å². The van der Waals surface area contributed by atoms with Gasteiger partial charge in [-0.25, -0.2) is 4.79 Å². The van der Waals surface area contributed by atoms with Crippen molar-refractivity contribution in [2.75, 3.05) is 7.05 Å². The molecule has 1 aromatic carbocycles. The molecular weight excluding hydrogens is 248 g/mol. The lowest BCUT2D eigenvalue weighted by Crippen LogP contribution is -2.41. The predicted octanol–water partition coefficient (Wildman–Crippen LogP) is 2.07. The summed E-state index contributed by atoms with van der Waals surface area (Å²) < 4.78 is 0. The summed E-state index contributed by atoms with van der Waals surface area (Å²) in [6, 6.07) is 7.60. The van der Waals surface area contributed by atoms with Gasteiger partial charge in [-0.1, -0.05) is 24.3 Å². The van der Waals surface area contributed by atoms with Crippen molar-refractivity contribution in [1.82, 2.24) is 10.6 Å². The Morgan fingerprint density at radius 3 is 2.61 bits per heavy atom. The Kier molecular flexibility index (Phi) is 5.71. The standard InChI is InChI=1S/C13H18N2O2S/c1-9-6-4-5-7-11(9)8-18-10(2)12(16)15-13(17)14-3/h4-7,10H,8H2,1-3H3,(H2,14,15,16,17)/t10-/m1/s1. The second kappa shape index (κ2) is 7.06. The van der Waals surface area contributed by atoms with E-state index in [1.807, 2.05) is 31.2 Å². The molecule has 18 heavy (non-hydrogen) atoms. The molecule has 0 heterocycles. The number of carbonyl (C=O) groups excluding carboxylic acids is 2. The first-order valence-corrected chi connectivity index (χ1v) is 6.78. The fraction of sp³-hybridized carbons (Fsp3) is 0.385. The summed E-state index contributed by atoms with van der Waals surface area (Å²) in [4.78, 5) is 22.6. The van der Waals surface area contributed by atoms with E-state index in [1.165, 1.54) is 29.9 Å². The van der Waals surface area contributed by atoms with E-state index in [9.17, 15) is 9.59 Å². The van der Waals surface area contributed by atoms with Crippen LogP contribution in [-0.4, -0.2) is 24.2 Å². The number of benzene rings is 1. The van der Waals surface area contributed by atoms with Crippen molar-refractivity contribution < 1.29 is 9.59 Å². The second-order valence-corrected chi connectivity index (χ2v) is 5.28. The van der Waals surface area contributed by atoms with Crippen LogP contribution in [0.25, 0.3) is 0 Å². The zero-order valence-corrected chi connectivity index (χ0v) is 11.6. The first kappa shape index (κ1) is 14.6. The van der Waals surface area contributed by atoms with E-state index in [4.69, 9.17) is 0 Å². The Balaban J connectivity index is 2.46. The summed E-state index contributed by atoms with van der Waals surface area (Å²) in [5, 5.41) is 4.36. The molecule has 5 heteroatoms. The Morgan fingerprint density at radius 1 is 1.33 bits per heavy atom. The van der Waals surface area contributed by atoms with Gasteiger partial charge < -0.3 is 5.32 Å². The molecule has 0 spiro atoms. The highest BCUT2D eigenvalue weighted by atomic mass is 32.2. The van der Waals surface area contributed by atoms with Crippen LogP contribution in [0.5, 0.6) is 0 Å². The van der Waals surface area contributed by atoms with Gasteiger partial charge in [-0.15, -0.1) is 11.8 Å².